The summed E-state index contributed by atoms with van der Waals surface area (Å²) in [6.45, 7) is 8.35. The minimum Gasteiger partial charge on any atom is -0.493 e. The Balaban J connectivity index is 2.20. The summed E-state index contributed by atoms with van der Waals surface area (Å²) < 4.78 is 11.2. The van der Waals surface area contributed by atoms with Gasteiger partial charge in [-0.1, -0.05) is 36.0 Å². The summed E-state index contributed by atoms with van der Waals surface area (Å²) in [5, 5.41) is 8.62. The summed E-state index contributed by atoms with van der Waals surface area (Å²) in [6.07, 6.45) is 0. The van der Waals surface area contributed by atoms with E-state index in [0.717, 1.165) is 22.6 Å². The van der Waals surface area contributed by atoms with Crippen molar-refractivity contribution in [3.63, 3.8) is 0 Å². The summed E-state index contributed by atoms with van der Waals surface area (Å²) in [5.41, 5.74) is 1.89. The van der Waals surface area contributed by atoms with Crippen molar-refractivity contribution >= 4 is 11.8 Å². The number of hydrogen-bond donors (Lipinski definition) is 0. The molecule has 1 aromatic heterocycles. The molecule has 2 rings (SSSR count). The molecule has 2 aromatic rings. The van der Waals surface area contributed by atoms with Gasteiger partial charge in [0, 0.05) is 5.75 Å². The maximum Gasteiger partial charge on any atom is 0.277 e. The second-order valence-corrected chi connectivity index (χ2v) is 4.97. The number of ether oxygens (including phenoxy) is 1. The molecule has 0 N–H and O–H groups in total. The zero-order chi connectivity index (χ0) is 13.7. The van der Waals surface area contributed by atoms with Crippen LogP contribution in [-0.4, -0.2) is 22.6 Å². The molecular formula is C14H16N2O2S. The van der Waals surface area contributed by atoms with Crippen LogP contribution in [0.15, 0.2) is 46.1 Å². The highest BCUT2D eigenvalue weighted by Crippen LogP contribution is 2.30. The fraction of sp³-hybridized carbons (Fsp3) is 0.286. The first-order valence-electron chi connectivity index (χ1n) is 6.03. The van der Waals surface area contributed by atoms with Crippen molar-refractivity contribution < 1.29 is 9.15 Å². The number of para-hydroxylation sites is 1. The quantitative estimate of drug-likeness (QED) is 0.593. The average Bonchev–Trinajstić information content (AvgIpc) is 2.86. The smallest absolute Gasteiger partial charge is 0.277 e. The van der Waals surface area contributed by atoms with E-state index in [1.54, 1.807) is 0 Å². The van der Waals surface area contributed by atoms with E-state index in [1.807, 2.05) is 38.1 Å². The molecule has 0 saturated heterocycles. The van der Waals surface area contributed by atoms with E-state index in [2.05, 4.69) is 16.8 Å². The molecule has 0 aliphatic carbocycles. The van der Waals surface area contributed by atoms with Gasteiger partial charge in [-0.05, 0) is 26.0 Å². The molecule has 5 heteroatoms. The maximum absolute atomic E-state index is 5.63. The zero-order valence-corrected chi connectivity index (χ0v) is 11.9. The molecule has 19 heavy (non-hydrogen) atoms. The largest absolute Gasteiger partial charge is 0.493 e. The van der Waals surface area contributed by atoms with Crippen molar-refractivity contribution in [1.29, 1.82) is 0 Å². The van der Waals surface area contributed by atoms with Crippen molar-refractivity contribution in [3.05, 3.63) is 36.4 Å². The lowest BCUT2D eigenvalue weighted by Gasteiger charge is -2.05. The molecule has 0 saturated carbocycles. The van der Waals surface area contributed by atoms with E-state index in [4.69, 9.17) is 9.15 Å². The van der Waals surface area contributed by atoms with Crippen LogP contribution < -0.4 is 4.74 Å². The van der Waals surface area contributed by atoms with E-state index >= 15 is 0 Å². The second-order valence-electron chi connectivity index (χ2n) is 4.05. The summed E-state index contributed by atoms with van der Waals surface area (Å²) in [7, 11) is 0. The van der Waals surface area contributed by atoms with Crippen LogP contribution in [0.3, 0.4) is 0 Å². The predicted molar refractivity (Wildman–Crippen MR) is 76.4 cm³/mol. The normalized spacial score (nSPS) is 10.4. The van der Waals surface area contributed by atoms with Crippen LogP contribution in [-0.2, 0) is 0 Å². The predicted octanol–water partition coefficient (Wildman–Crippen LogP) is 3.80. The lowest BCUT2D eigenvalue weighted by Crippen LogP contribution is -1.93. The minimum atomic E-state index is 0.480. The Bertz CT molecular complexity index is 566. The van der Waals surface area contributed by atoms with Gasteiger partial charge >= 0.3 is 0 Å². The Hall–Kier alpha value is -1.75. The molecule has 0 atom stereocenters. The molecule has 0 fully saturated rings. The fourth-order valence-electron chi connectivity index (χ4n) is 1.49. The van der Waals surface area contributed by atoms with Crippen LogP contribution in [0.25, 0.3) is 11.5 Å². The average molecular weight is 276 g/mol. The van der Waals surface area contributed by atoms with Crippen LogP contribution in [0.1, 0.15) is 13.8 Å². The Morgan fingerprint density at radius 1 is 1.37 bits per heavy atom. The standard InChI is InChI=1S/C14H16N2O2S/c1-4-17-12-8-6-5-7-11(12)13-15-16-14(18-13)19-9-10(2)3/h5-8H,2,4,9H2,1,3H3. The Morgan fingerprint density at radius 3 is 2.89 bits per heavy atom. The summed E-state index contributed by atoms with van der Waals surface area (Å²) in [6, 6.07) is 7.64. The van der Waals surface area contributed by atoms with Crippen LogP contribution in [0.2, 0.25) is 0 Å². The van der Waals surface area contributed by atoms with Crippen molar-refractivity contribution in [2.75, 3.05) is 12.4 Å². The maximum atomic E-state index is 5.63. The lowest BCUT2D eigenvalue weighted by atomic mass is 10.2. The number of nitrogens with zero attached hydrogens (tertiary/aromatic N) is 2. The number of rotatable bonds is 6. The first kappa shape index (κ1) is 13.7. The van der Waals surface area contributed by atoms with Gasteiger partial charge in [0.2, 0.25) is 0 Å². The van der Waals surface area contributed by atoms with Gasteiger partial charge in [-0.25, -0.2) is 0 Å². The van der Waals surface area contributed by atoms with Gasteiger partial charge in [0.1, 0.15) is 5.75 Å². The molecule has 0 spiro atoms. The summed E-state index contributed by atoms with van der Waals surface area (Å²) >= 11 is 1.48. The number of aromatic nitrogens is 2. The molecule has 1 heterocycles. The number of hydrogen-bond acceptors (Lipinski definition) is 5. The van der Waals surface area contributed by atoms with E-state index < -0.39 is 0 Å². The summed E-state index contributed by atoms with van der Waals surface area (Å²) in [5.74, 6) is 2.01. The molecule has 1 aromatic carbocycles. The summed E-state index contributed by atoms with van der Waals surface area (Å²) in [4.78, 5) is 0. The van der Waals surface area contributed by atoms with Crippen LogP contribution in [0, 0.1) is 0 Å². The molecule has 4 nitrogen and oxygen atoms in total. The highest BCUT2D eigenvalue weighted by Gasteiger charge is 2.13. The van der Waals surface area contributed by atoms with Gasteiger partial charge < -0.3 is 9.15 Å². The van der Waals surface area contributed by atoms with Crippen LogP contribution in [0.5, 0.6) is 5.75 Å². The van der Waals surface area contributed by atoms with Gasteiger partial charge in [0.15, 0.2) is 0 Å². The number of benzene rings is 1. The Morgan fingerprint density at radius 2 is 2.16 bits per heavy atom. The molecule has 0 aliphatic heterocycles. The van der Waals surface area contributed by atoms with E-state index in [1.165, 1.54) is 11.8 Å². The third kappa shape index (κ3) is 3.61. The van der Waals surface area contributed by atoms with E-state index in [0.29, 0.717) is 17.7 Å². The zero-order valence-electron chi connectivity index (χ0n) is 11.0. The highest BCUT2D eigenvalue weighted by molar-refractivity contribution is 7.99. The Kier molecular flexibility index (Phi) is 4.63. The van der Waals surface area contributed by atoms with Gasteiger partial charge in [-0.15, -0.1) is 10.2 Å². The first-order valence-corrected chi connectivity index (χ1v) is 7.02. The molecule has 0 radical (unpaired) electrons. The van der Waals surface area contributed by atoms with Gasteiger partial charge in [-0.2, -0.15) is 0 Å². The van der Waals surface area contributed by atoms with Gasteiger partial charge in [0.05, 0.1) is 12.2 Å². The fourth-order valence-corrected chi connectivity index (χ4v) is 2.09. The molecule has 0 unspecified atom stereocenters. The lowest BCUT2D eigenvalue weighted by molar-refractivity contribution is 0.340. The second kappa shape index (κ2) is 6.43. The third-order valence-corrected chi connectivity index (χ3v) is 3.31. The van der Waals surface area contributed by atoms with Gasteiger partial charge in [-0.3, -0.25) is 0 Å². The Labute approximate surface area is 116 Å². The van der Waals surface area contributed by atoms with Crippen molar-refractivity contribution in [2.45, 2.75) is 19.1 Å². The van der Waals surface area contributed by atoms with Crippen LogP contribution in [0.4, 0.5) is 0 Å². The van der Waals surface area contributed by atoms with E-state index in [-0.39, 0.29) is 0 Å². The SMILES string of the molecule is C=C(C)CSc1nnc(-c2ccccc2OCC)o1. The molecule has 0 bridgehead atoms. The number of thioether (sulfide) groups is 1. The van der Waals surface area contributed by atoms with Crippen molar-refractivity contribution in [2.24, 2.45) is 0 Å². The monoisotopic (exact) mass is 276 g/mol. The van der Waals surface area contributed by atoms with E-state index in [9.17, 15) is 0 Å². The van der Waals surface area contributed by atoms with Crippen molar-refractivity contribution in [3.8, 4) is 17.2 Å². The third-order valence-electron chi connectivity index (χ3n) is 2.27. The molecule has 0 amide bonds. The molecular weight excluding hydrogens is 260 g/mol. The minimum absolute atomic E-state index is 0.480. The van der Waals surface area contributed by atoms with Crippen LogP contribution >= 0.6 is 11.8 Å². The van der Waals surface area contributed by atoms with Gasteiger partial charge in [0.25, 0.3) is 11.1 Å². The van der Waals surface area contributed by atoms with Crippen molar-refractivity contribution in [1.82, 2.24) is 10.2 Å². The topological polar surface area (TPSA) is 48.2 Å². The molecule has 100 valence electrons. The highest BCUT2D eigenvalue weighted by atomic mass is 32.2. The molecule has 0 aliphatic rings. The first-order chi connectivity index (χ1) is 9.20.